The molecule has 0 saturated carbocycles. The van der Waals surface area contributed by atoms with Gasteiger partial charge in [0.25, 0.3) is 0 Å². The van der Waals surface area contributed by atoms with E-state index in [1.165, 1.54) is 6.21 Å². The largest absolute Gasteiger partial charge is 0.329 e. The van der Waals surface area contributed by atoms with Crippen molar-refractivity contribution in [1.29, 1.82) is 0 Å². The standard InChI is InChI=1S/C17H17N3O2/c1-12-7-9-15(10-8-12)19-16(21)17(22)20-18-11-14-6-4-3-5-13(14)2/h3-11H,1-2H3,(H,19,21)(H,20,22)/b18-11-. The Hall–Kier alpha value is -2.95. The predicted octanol–water partition coefficient (Wildman–Crippen LogP) is 2.39. The summed E-state index contributed by atoms with van der Waals surface area (Å²) in [6.45, 7) is 3.88. The van der Waals surface area contributed by atoms with Crippen LogP contribution in [0.3, 0.4) is 0 Å². The minimum Gasteiger partial charge on any atom is -0.318 e. The Kier molecular flexibility index (Phi) is 5.03. The number of hydrogen-bond acceptors (Lipinski definition) is 3. The van der Waals surface area contributed by atoms with Gasteiger partial charge in [-0.3, -0.25) is 9.59 Å². The van der Waals surface area contributed by atoms with E-state index < -0.39 is 11.8 Å². The quantitative estimate of drug-likeness (QED) is 0.518. The van der Waals surface area contributed by atoms with E-state index in [9.17, 15) is 9.59 Å². The lowest BCUT2D eigenvalue weighted by molar-refractivity contribution is -0.136. The van der Waals surface area contributed by atoms with Gasteiger partial charge in [-0.2, -0.15) is 5.10 Å². The Morgan fingerprint density at radius 3 is 2.32 bits per heavy atom. The van der Waals surface area contributed by atoms with Crippen molar-refractivity contribution in [2.24, 2.45) is 5.10 Å². The Morgan fingerprint density at radius 1 is 0.955 bits per heavy atom. The second kappa shape index (κ2) is 7.17. The van der Waals surface area contributed by atoms with Gasteiger partial charge in [0.15, 0.2) is 0 Å². The lowest BCUT2D eigenvalue weighted by atomic mass is 10.1. The molecule has 0 saturated heterocycles. The second-order valence-electron chi connectivity index (χ2n) is 4.88. The van der Waals surface area contributed by atoms with Crippen molar-refractivity contribution in [2.45, 2.75) is 13.8 Å². The maximum Gasteiger partial charge on any atom is 0.329 e. The molecule has 0 spiro atoms. The molecule has 0 radical (unpaired) electrons. The van der Waals surface area contributed by atoms with Crippen molar-refractivity contribution in [3.05, 3.63) is 65.2 Å². The summed E-state index contributed by atoms with van der Waals surface area (Å²) in [6.07, 6.45) is 1.51. The first-order chi connectivity index (χ1) is 10.6. The summed E-state index contributed by atoms with van der Waals surface area (Å²) in [6, 6.07) is 14.8. The topological polar surface area (TPSA) is 70.6 Å². The summed E-state index contributed by atoms with van der Waals surface area (Å²) in [4.78, 5) is 23.4. The zero-order chi connectivity index (χ0) is 15.9. The molecule has 0 aliphatic carbocycles. The van der Waals surface area contributed by atoms with Crippen LogP contribution in [0.2, 0.25) is 0 Å². The van der Waals surface area contributed by atoms with Crippen LogP contribution >= 0.6 is 0 Å². The summed E-state index contributed by atoms with van der Waals surface area (Å²) in [5.41, 5.74) is 5.75. The second-order valence-corrected chi connectivity index (χ2v) is 4.88. The van der Waals surface area contributed by atoms with Crippen molar-refractivity contribution < 1.29 is 9.59 Å². The van der Waals surface area contributed by atoms with Gasteiger partial charge < -0.3 is 5.32 Å². The summed E-state index contributed by atoms with van der Waals surface area (Å²) in [5, 5.41) is 6.30. The van der Waals surface area contributed by atoms with Crippen LogP contribution < -0.4 is 10.7 Å². The number of hydrogen-bond donors (Lipinski definition) is 2. The van der Waals surface area contributed by atoms with Crippen molar-refractivity contribution in [1.82, 2.24) is 5.43 Å². The lowest BCUT2D eigenvalue weighted by Gasteiger charge is -2.04. The zero-order valence-electron chi connectivity index (χ0n) is 12.5. The fourth-order valence-electron chi connectivity index (χ4n) is 1.77. The molecule has 5 nitrogen and oxygen atoms in total. The molecule has 0 bridgehead atoms. The first kappa shape index (κ1) is 15.4. The normalized spacial score (nSPS) is 10.5. The van der Waals surface area contributed by atoms with Crippen LogP contribution in [-0.2, 0) is 9.59 Å². The van der Waals surface area contributed by atoms with Crippen LogP contribution in [0.5, 0.6) is 0 Å². The molecule has 0 aromatic heterocycles. The SMILES string of the molecule is Cc1ccc(NC(=O)C(=O)N/N=C\c2ccccc2C)cc1. The van der Waals surface area contributed by atoms with Crippen LogP contribution in [0.15, 0.2) is 53.6 Å². The van der Waals surface area contributed by atoms with Gasteiger partial charge >= 0.3 is 11.8 Å². The third-order valence-electron chi connectivity index (χ3n) is 3.07. The summed E-state index contributed by atoms with van der Waals surface area (Å²) >= 11 is 0. The Balaban J connectivity index is 1.90. The van der Waals surface area contributed by atoms with Gasteiger partial charge in [-0.05, 0) is 37.1 Å². The van der Waals surface area contributed by atoms with Crippen LogP contribution in [0.25, 0.3) is 0 Å². The van der Waals surface area contributed by atoms with Gasteiger partial charge in [-0.15, -0.1) is 0 Å². The summed E-state index contributed by atoms with van der Waals surface area (Å²) in [7, 11) is 0. The smallest absolute Gasteiger partial charge is 0.318 e. The molecule has 0 heterocycles. The first-order valence-electron chi connectivity index (χ1n) is 6.83. The van der Waals surface area contributed by atoms with Crippen LogP contribution in [0, 0.1) is 13.8 Å². The molecule has 0 aliphatic rings. The summed E-state index contributed by atoms with van der Waals surface area (Å²) in [5.74, 6) is -1.57. The molecule has 2 amide bonds. The van der Waals surface area contributed by atoms with Crippen LogP contribution in [0.4, 0.5) is 5.69 Å². The third-order valence-corrected chi connectivity index (χ3v) is 3.07. The molecule has 112 valence electrons. The maximum absolute atomic E-state index is 11.7. The average Bonchev–Trinajstić information content (AvgIpc) is 2.51. The molecular weight excluding hydrogens is 278 g/mol. The number of anilines is 1. The van der Waals surface area contributed by atoms with Gasteiger partial charge in [-0.25, -0.2) is 5.43 Å². The van der Waals surface area contributed by atoms with Gasteiger partial charge in [0.1, 0.15) is 0 Å². The van der Waals surface area contributed by atoms with Gasteiger partial charge in [0.2, 0.25) is 0 Å². The molecule has 2 aromatic carbocycles. The van der Waals surface area contributed by atoms with Crippen LogP contribution in [0.1, 0.15) is 16.7 Å². The number of benzene rings is 2. The van der Waals surface area contributed by atoms with E-state index >= 15 is 0 Å². The minimum atomic E-state index is -0.814. The number of carbonyl (C=O) groups is 2. The molecule has 0 atom stereocenters. The number of nitrogens with one attached hydrogen (secondary N) is 2. The van der Waals surface area contributed by atoms with Gasteiger partial charge in [0.05, 0.1) is 6.21 Å². The fraction of sp³-hybridized carbons (Fsp3) is 0.118. The van der Waals surface area contributed by atoms with E-state index in [1.54, 1.807) is 12.1 Å². The fourth-order valence-corrected chi connectivity index (χ4v) is 1.77. The van der Waals surface area contributed by atoms with Crippen molar-refractivity contribution in [3.63, 3.8) is 0 Å². The molecule has 0 fully saturated rings. The molecule has 5 heteroatoms. The average molecular weight is 295 g/mol. The van der Waals surface area contributed by atoms with Crippen molar-refractivity contribution in [2.75, 3.05) is 5.32 Å². The highest BCUT2D eigenvalue weighted by atomic mass is 16.2. The number of hydrazone groups is 1. The number of aryl methyl sites for hydroxylation is 2. The molecule has 2 N–H and O–H groups in total. The number of amides is 2. The Labute approximate surface area is 129 Å². The molecule has 0 unspecified atom stereocenters. The lowest BCUT2D eigenvalue weighted by Crippen LogP contribution is -2.32. The number of rotatable bonds is 3. The molecule has 22 heavy (non-hydrogen) atoms. The van der Waals surface area contributed by atoms with Gasteiger partial charge in [-0.1, -0.05) is 42.0 Å². The summed E-state index contributed by atoms with van der Waals surface area (Å²) < 4.78 is 0. The van der Waals surface area contributed by atoms with Crippen molar-refractivity contribution in [3.8, 4) is 0 Å². The molecular formula is C17H17N3O2. The Bertz CT molecular complexity index is 706. The van der Waals surface area contributed by atoms with E-state index in [0.717, 1.165) is 16.7 Å². The zero-order valence-corrected chi connectivity index (χ0v) is 12.5. The van der Waals surface area contributed by atoms with Crippen molar-refractivity contribution >= 4 is 23.7 Å². The van der Waals surface area contributed by atoms with E-state index in [1.807, 2.05) is 50.2 Å². The minimum absolute atomic E-state index is 0.564. The van der Waals surface area contributed by atoms with Crippen LogP contribution in [-0.4, -0.2) is 18.0 Å². The highest BCUT2D eigenvalue weighted by Crippen LogP contribution is 2.08. The third kappa shape index (κ3) is 4.28. The number of nitrogens with zero attached hydrogens (tertiary/aromatic N) is 1. The molecule has 2 rings (SSSR count). The van der Waals surface area contributed by atoms with E-state index in [-0.39, 0.29) is 0 Å². The highest BCUT2D eigenvalue weighted by Gasteiger charge is 2.12. The van der Waals surface area contributed by atoms with E-state index in [4.69, 9.17) is 0 Å². The Morgan fingerprint density at radius 2 is 1.64 bits per heavy atom. The molecule has 2 aromatic rings. The van der Waals surface area contributed by atoms with E-state index in [0.29, 0.717) is 5.69 Å². The highest BCUT2D eigenvalue weighted by molar-refractivity contribution is 6.39. The van der Waals surface area contributed by atoms with E-state index in [2.05, 4.69) is 15.8 Å². The van der Waals surface area contributed by atoms with Gasteiger partial charge in [0, 0.05) is 5.69 Å². The number of carbonyl (C=O) groups excluding carboxylic acids is 2. The monoisotopic (exact) mass is 295 g/mol. The maximum atomic E-state index is 11.7. The first-order valence-corrected chi connectivity index (χ1v) is 6.83. The predicted molar refractivity (Wildman–Crippen MR) is 86.7 cm³/mol. The molecule has 0 aliphatic heterocycles.